The Balaban J connectivity index is 2.04. The van der Waals surface area contributed by atoms with Gasteiger partial charge in [0.2, 0.25) is 11.8 Å². The van der Waals surface area contributed by atoms with Crippen LogP contribution in [0.5, 0.6) is 0 Å². The molecule has 2 amide bonds. The number of nitrogens with zero attached hydrogens (tertiary/aromatic N) is 2. The molecule has 0 heterocycles. The van der Waals surface area contributed by atoms with Crippen LogP contribution in [0.1, 0.15) is 37.8 Å². The Bertz CT molecular complexity index is 1500. The van der Waals surface area contributed by atoms with Crippen molar-refractivity contribution in [3.8, 4) is 0 Å². The summed E-state index contributed by atoms with van der Waals surface area (Å²) in [6.45, 7) is 5.26. The molecule has 0 aliphatic rings. The highest BCUT2D eigenvalue weighted by atomic mass is 35.5. The number of nitrogens with one attached hydrogen (secondary N) is 1. The van der Waals surface area contributed by atoms with Gasteiger partial charge in [-0.25, -0.2) is 8.42 Å². The van der Waals surface area contributed by atoms with Gasteiger partial charge in [-0.3, -0.25) is 13.9 Å². The molecule has 0 saturated heterocycles. The molecule has 0 fully saturated rings. The third-order valence-corrected chi connectivity index (χ3v) is 9.68. The maximum atomic E-state index is 14.0. The van der Waals surface area contributed by atoms with Gasteiger partial charge in [-0.05, 0) is 68.3 Å². The summed E-state index contributed by atoms with van der Waals surface area (Å²) in [5, 5.41) is 3.82. The number of hydrogen-bond acceptors (Lipinski definition) is 4. The summed E-state index contributed by atoms with van der Waals surface area (Å²) in [5.41, 5.74) is 1.63. The highest BCUT2D eigenvalue weighted by Gasteiger charge is 2.32. The van der Waals surface area contributed by atoms with Gasteiger partial charge in [0.15, 0.2) is 0 Å². The first-order chi connectivity index (χ1) is 19.3. The Hall–Kier alpha value is -2.49. The number of amides is 2. The number of benzene rings is 3. The van der Waals surface area contributed by atoms with Gasteiger partial charge in [0.1, 0.15) is 12.6 Å². The second-order valence-corrected chi connectivity index (χ2v) is 13.0. The average Bonchev–Trinajstić information content (AvgIpc) is 2.93. The summed E-state index contributed by atoms with van der Waals surface area (Å²) < 4.78 is 28.7. The third-order valence-electron chi connectivity index (χ3n) is 6.41. The molecule has 0 spiro atoms. The van der Waals surface area contributed by atoms with Gasteiger partial charge in [-0.2, -0.15) is 0 Å². The van der Waals surface area contributed by atoms with Crippen molar-refractivity contribution in [3.63, 3.8) is 0 Å². The number of unbranched alkanes of at least 4 members (excludes halogenated alkanes) is 1. The van der Waals surface area contributed by atoms with Crippen LogP contribution in [0.3, 0.4) is 0 Å². The Labute approximate surface area is 261 Å². The second kappa shape index (κ2) is 14.6. The first kappa shape index (κ1) is 33.0. The second-order valence-electron chi connectivity index (χ2n) is 9.51. The number of anilines is 1. The van der Waals surface area contributed by atoms with Crippen molar-refractivity contribution in [2.75, 3.05) is 17.4 Å². The number of carbonyl (C=O) groups is 2. The van der Waals surface area contributed by atoms with E-state index in [0.29, 0.717) is 17.1 Å². The van der Waals surface area contributed by atoms with Gasteiger partial charge in [0.05, 0.1) is 30.7 Å². The zero-order valence-corrected chi connectivity index (χ0v) is 26.7. The van der Waals surface area contributed by atoms with Crippen LogP contribution in [-0.2, 0) is 26.2 Å². The Morgan fingerprint density at radius 1 is 0.878 bits per heavy atom. The summed E-state index contributed by atoms with van der Waals surface area (Å²) in [6.07, 6.45) is 1.66. The highest BCUT2D eigenvalue weighted by Crippen LogP contribution is 2.31. The standard InChI is InChI=1S/C29H31Cl4N3O4S/c1-4-5-14-34-29(38)20(3)35(17-21-8-12-24(30)26(32)15-21)28(37)18-36(22-9-13-25(31)27(33)16-22)41(39,40)23-10-6-19(2)7-11-23/h6-13,15-16,20H,4-5,14,17-18H2,1-3H3,(H,34,38)/t20-/m0/s1. The maximum absolute atomic E-state index is 14.0. The molecular weight excluding hydrogens is 628 g/mol. The molecule has 1 atom stereocenters. The van der Waals surface area contributed by atoms with Gasteiger partial charge >= 0.3 is 0 Å². The van der Waals surface area contributed by atoms with Gasteiger partial charge in [-0.15, -0.1) is 0 Å². The number of hydrogen-bond donors (Lipinski definition) is 1. The van der Waals surface area contributed by atoms with Crippen LogP contribution in [0.2, 0.25) is 20.1 Å². The molecule has 1 N–H and O–H groups in total. The van der Waals surface area contributed by atoms with Crippen LogP contribution in [-0.4, -0.2) is 44.3 Å². The van der Waals surface area contributed by atoms with Crippen molar-refractivity contribution in [1.29, 1.82) is 0 Å². The minimum Gasteiger partial charge on any atom is -0.354 e. The first-order valence-electron chi connectivity index (χ1n) is 12.9. The molecule has 0 radical (unpaired) electrons. The molecule has 0 bridgehead atoms. The fraction of sp³-hybridized carbons (Fsp3) is 0.310. The Kier molecular flexibility index (Phi) is 11.8. The molecule has 41 heavy (non-hydrogen) atoms. The molecule has 0 unspecified atom stereocenters. The minimum absolute atomic E-state index is 0.0108. The minimum atomic E-state index is -4.23. The van der Waals surface area contributed by atoms with Crippen molar-refractivity contribution in [2.45, 2.75) is 51.1 Å². The molecule has 7 nitrogen and oxygen atoms in total. The van der Waals surface area contributed by atoms with Crippen LogP contribution in [0, 0.1) is 6.92 Å². The van der Waals surface area contributed by atoms with Gasteiger partial charge < -0.3 is 10.2 Å². The van der Waals surface area contributed by atoms with Crippen molar-refractivity contribution in [1.82, 2.24) is 10.2 Å². The number of aryl methyl sites for hydroxylation is 1. The van der Waals surface area contributed by atoms with E-state index >= 15 is 0 Å². The van der Waals surface area contributed by atoms with E-state index in [4.69, 9.17) is 46.4 Å². The number of carbonyl (C=O) groups excluding carboxylic acids is 2. The van der Waals surface area contributed by atoms with Gasteiger partial charge in [0, 0.05) is 13.1 Å². The van der Waals surface area contributed by atoms with E-state index in [-0.39, 0.29) is 38.1 Å². The maximum Gasteiger partial charge on any atom is 0.264 e. The van der Waals surface area contributed by atoms with E-state index in [9.17, 15) is 18.0 Å². The number of rotatable bonds is 12. The van der Waals surface area contributed by atoms with Crippen LogP contribution >= 0.6 is 46.4 Å². The number of halogens is 4. The van der Waals surface area contributed by atoms with E-state index < -0.39 is 28.5 Å². The summed E-state index contributed by atoms with van der Waals surface area (Å²) in [5.74, 6) is -0.981. The lowest BCUT2D eigenvalue weighted by atomic mass is 10.1. The van der Waals surface area contributed by atoms with E-state index in [1.807, 2.05) is 13.8 Å². The molecule has 220 valence electrons. The van der Waals surface area contributed by atoms with Gasteiger partial charge in [-0.1, -0.05) is 83.5 Å². The summed E-state index contributed by atoms with van der Waals surface area (Å²) in [4.78, 5) is 28.3. The van der Waals surface area contributed by atoms with Crippen LogP contribution in [0.25, 0.3) is 0 Å². The van der Waals surface area contributed by atoms with E-state index in [1.165, 1.54) is 35.2 Å². The molecule has 3 rings (SSSR count). The highest BCUT2D eigenvalue weighted by molar-refractivity contribution is 7.92. The van der Waals surface area contributed by atoms with Crippen LogP contribution < -0.4 is 9.62 Å². The van der Waals surface area contributed by atoms with Gasteiger partial charge in [0.25, 0.3) is 10.0 Å². The fourth-order valence-electron chi connectivity index (χ4n) is 3.96. The summed E-state index contributed by atoms with van der Waals surface area (Å²) >= 11 is 24.6. The van der Waals surface area contributed by atoms with Crippen molar-refractivity contribution in [2.24, 2.45) is 0 Å². The predicted molar refractivity (Wildman–Crippen MR) is 167 cm³/mol. The van der Waals surface area contributed by atoms with E-state index in [1.54, 1.807) is 37.3 Å². The molecule has 0 aliphatic heterocycles. The zero-order valence-electron chi connectivity index (χ0n) is 22.8. The van der Waals surface area contributed by atoms with Crippen LogP contribution in [0.15, 0.2) is 65.6 Å². The molecule has 12 heteroatoms. The molecule has 0 aliphatic carbocycles. The monoisotopic (exact) mass is 657 g/mol. The van der Waals surface area contributed by atoms with Crippen molar-refractivity contribution >= 4 is 73.9 Å². The number of sulfonamides is 1. The third kappa shape index (κ3) is 8.52. The molecule has 0 saturated carbocycles. The zero-order chi connectivity index (χ0) is 30.3. The van der Waals surface area contributed by atoms with Crippen LogP contribution in [0.4, 0.5) is 5.69 Å². The largest absolute Gasteiger partial charge is 0.354 e. The Morgan fingerprint density at radius 3 is 2.07 bits per heavy atom. The molecule has 0 aromatic heterocycles. The van der Waals surface area contributed by atoms with Crippen molar-refractivity contribution < 1.29 is 18.0 Å². The lowest BCUT2D eigenvalue weighted by Gasteiger charge is -2.32. The van der Waals surface area contributed by atoms with Crippen molar-refractivity contribution in [3.05, 3.63) is 91.9 Å². The lowest BCUT2D eigenvalue weighted by Crippen LogP contribution is -2.51. The average molecular weight is 659 g/mol. The predicted octanol–water partition coefficient (Wildman–Crippen LogP) is 7.14. The first-order valence-corrected chi connectivity index (χ1v) is 15.9. The summed E-state index contributed by atoms with van der Waals surface area (Å²) in [7, 11) is -4.23. The Morgan fingerprint density at radius 2 is 1.49 bits per heavy atom. The smallest absolute Gasteiger partial charge is 0.264 e. The molecular formula is C29H31Cl4N3O4S. The van der Waals surface area contributed by atoms with E-state index in [0.717, 1.165) is 22.7 Å². The normalized spacial score (nSPS) is 12.1. The fourth-order valence-corrected chi connectivity index (χ4v) is 5.98. The van der Waals surface area contributed by atoms with E-state index in [2.05, 4.69) is 5.32 Å². The quantitative estimate of drug-likeness (QED) is 0.210. The SMILES string of the molecule is CCCCNC(=O)[C@H](C)N(Cc1ccc(Cl)c(Cl)c1)C(=O)CN(c1ccc(Cl)c(Cl)c1)S(=O)(=O)c1ccc(C)cc1. The lowest BCUT2D eigenvalue weighted by molar-refractivity contribution is -0.139. The molecule has 3 aromatic rings. The topological polar surface area (TPSA) is 86.8 Å². The molecule has 3 aromatic carbocycles. The summed E-state index contributed by atoms with van der Waals surface area (Å²) in [6, 6.07) is 14.5.